The molecule has 19 heavy (non-hydrogen) atoms. The van der Waals surface area contributed by atoms with Crippen molar-refractivity contribution in [3.8, 4) is 0 Å². The van der Waals surface area contributed by atoms with Crippen molar-refractivity contribution in [1.29, 1.82) is 0 Å². The molecule has 102 valence electrons. The van der Waals surface area contributed by atoms with Crippen LogP contribution in [-0.2, 0) is 19.3 Å². The predicted molar refractivity (Wildman–Crippen MR) is 92.7 cm³/mol. The molecule has 1 aromatic rings. The highest BCUT2D eigenvalue weighted by molar-refractivity contribution is 9.15. The van der Waals surface area contributed by atoms with Crippen LogP contribution in [-0.4, -0.2) is 0 Å². The van der Waals surface area contributed by atoms with E-state index in [4.69, 9.17) is 0 Å². The molecule has 0 N–H and O–H groups in total. The van der Waals surface area contributed by atoms with Gasteiger partial charge in [-0.3, -0.25) is 0 Å². The van der Waals surface area contributed by atoms with Gasteiger partial charge >= 0.3 is 0 Å². The van der Waals surface area contributed by atoms with E-state index in [-0.39, 0.29) is 0 Å². The number of hydrogen-bond acceptors (Lipinski definition) is 0. The largest absolute Gasteiger partial charge is 0.0984 e. The lowest BCUT2D eigenvalue weighted by Crippen LogP contribution is -2.07. The fourth-order valence-electron chi connectivity index (χ4n) is 2.90. The third-order valence-electron chi connectivity index (χ3n) is 3.64. The van der Waals surface area contributed by atoms with Crippen molar-refractivity contribution in [1.82, 2.24) is 0 Å². The van der Waals surface area contributed by atoms with E-state index in [1.165, 1.54) is 33.4 Å². The van der Waals surface area contributed by atoms with Gasteiger partial charge in [0.25, 0.3) is 0 Å². The molecule has 0 fully saturated rings. The van der Waals surface area contributed by atoms with Gasteiger partial charge in [0.15, 0.2) is 0 Å². The number of rotatable bonds is 6. The molecule has 0 saturated carbocycles. The maximum absolute atomic E-state index is 4.10. The molecular formula is C18H23Br. The summed E-state index contributed by atoms with van der Waals surface area (Å²) in [6.07, 6.45) is 6.92. The van der Waals surface area contributed by atoms with E-state index < -0.39 is 0 Å². The third-order valence-corrected chi connectivity index (χ3v) is 4.04. The van der Waals surface area contributed by atoms with E-state index in [1.807, 2.05) is 12.2 Å². The zero-order chi connectivity index (χ0) is 14.6. The maximum atomic E-state index is 4.10. The van der Waals surface area contributed by atoms with Crippen molar-refractivity contribution in [2.75, 3.05) is 0 Å². The molecular weight excluding hydrogens is 296 g/mol. The summed E-state index contributed by atoms with van der Waals surface area (Å²) in [6, 6.07) is 0. The van der Waals surface area contributed by atoms with Gasteiger partial charge in [0.05, 0.1) is 0 Å². The van der Waals surface area contributed by atoms with Crippen molar-refractivity contribution in [3.63, 3.8) is 0 Å². The van der Waals surface area contributed by atoms with Crippen LogP contribution >= 0.6 is 15.9 Å². The van der Waals surface area contributed by atoms with E-state index in [0.29, 0.717) is 0 Å². The van der Waals surface area contributed by atoms with E-state index in [2.05, 4.69) is 56.4 Å². The average Bonchev–Trinajstić information content (AvgIpc) is 2.43. The molecule has 0 radical (unpaired) electrons. The third kappa shape index (κ3) is 2.76. The van der Waals surface area contributed by atoms with Gasteiger partial charge in [-0.1, -0.05) is 68.6 Å². The first-order chi connectivity index (χ1) is 9.06. The van der Waals surface area contributed by atoms with Gasteiger partial charge in [0.2, 0.25) is 0 Å². The number of hydrogen-bond donors (Lipinski definition) is 0. The molecule has 1 aromatic carbocycles. The second-order valence-corrected chi connectivity index (χ2v) is 5.47. The van der Waals surface area contributed by atoms with Crippen molar-refractivity contribution in [3.05, 3.63) is 53.1 Å². The van der Waals surface area contributed by atoms with Gasteiger partial charge in [-0.15, -0.1) is 0 Å². The van der Waals surface area contributed by atoms with E-state index >= 15 is 0 Å². The summed E-state index contributed by atoms with van der Waals surface area (Å²) in [5.74, 6) is 0. The molecule has 0 aromatic heterocycles. The lowest BCUT2D eigenvalue weighted by Gasteiger charge is -2.22. The highest BCUT2D eigenvalue weighted by atomic mass is 79.9. The van der Waals surface area contributed by atoms with Crippen LogP contribution in [0.5, 0.6) is 0 Å². The molecule has 0 atom stereocenters. The smallest absolute Gasteiger partial charge is 0.0181 e. The topological polar surface area (TPSA) is 0 Å². The second-order valence-electron chi connectivity index (χ2n) is 4.51. The molecule has 0 bridgehead atoms. The Morgan fingerprint density at radius 3 is 1.47 bits per heavy atom. The van der Waals surface area contributed by atoms with Crippen LogP contribution in [0.1, 0.15) is 54.2 Å². The Balaban J connectivity index is 3.96. The SMILES string of the molecule is C=Cc1c(CC)c(C=C)c(CC)c(C(=C)Br)c1CC. The van der Waals surface area contributed by atoms with Crippen molar-refractivity contribution < 1.29 is 0 Å². The summed E-state index contributed by atoms with van der Waals surface area (Å²) >= 11 is 3.58. The summed E-state index contributed by atoms with van der Waals surface area (Å²) in [6.45, 7) is 18.7. The minimum Gasteiger partial charge on any atom is -0.0984 e. The van der Waals surface area contributed by atoms with Gasteiger partial charge in [0, 0.05) is 4.48 Å². The molecule has 0 aliphatic rings. The Bertz CT molecular complexity index is 484. The molecule has 0 nitrogen and oxygen atoms in total. The Hall–Kier alpha value is -1.08. The van der Waals surface area contributed by atoms with Crippen molar-refractivity contribution in [2.45, 2.75) is 40.0 Å². The van der Waals surface area contributed by atoms with Gasteiger partial charge in [-0.25, -0.2) is 0 Å². The van der Waals surface area contributed by atoms with E-state index in [1.54, 1.807) is 0 Å². The highest BCUT2D eigenvalue weighted by Gasteiger charge is 2.19. The predicted octanol–water partition coefficient (Wildman–Crippen LogP) is 6.03. The molecule has 0 saturated heterocycles. The molecule has 0 aliphatic heterocycles. The first-order valence-electron chi connectivity index (χ1n) is 6.87. The Labute approximate surface area is 126 Å². The van der Waals surface area contributed by atoms with Crippen LogP contribution in [0.15, 0.2) is 19.7 Å². The Morgan fingerprint density at radius 2 is 1.26 bits per heavy atom. The fourth-order valence-corrected chi connectivity index (χ4v) is 3.38. The van der Waals surface area contributed by atoms with Crippen LogP contribution in [0.25, 0.3) is 16.6 Å². The molecule has 1 heteroatoms. The van der Waals surface area contributed by atoms with Crippen molar-refractivity contribution in [2.24, 2.45) is 0 Å². The Morgan fingerprint density at radius 1 is 0.895 bits per heavy atom. The average molecular weight is 319 g/mol. The fraction of sp³-hybridized carbons (Fsp3) is 0.333. The molecule has 1 rings (SSSR count). The van der Waals surface area contributed by atoms with Gasteiger partial charge in [-0.2, -0.15) is 0 Å². The zero-order valence-electron chi connectivity index (χ0n) is 12.3. The van der Waals surface area contributed by atoms with E-state index in [0.717, 1.165) is 23.7 Å². The summed E-state index contributed by atoms with van der Waals surface area (Å²) in [5, 5.41) is 0. The molecule has 0 amide bonds. The minimum absolute atomic E-state index is 0.954. The minimum atomic E-state index is 0.954. The summed E-state index contributed by atoms with van der Waals surface area (Å²) in [5.41, 5.74) is 7.80. The molecule has 0 unspecified atom stereocenters. The van der Waals surface area contributed by atoms with Crippen molar-refractivity contribution >= 4 is 32.6 Å². The highest BCUT2D eigenvalue weighted by Crippen LogP contribution is 2.36. The second kappa shape index (κ2) is 6.91. The normalized spacial score (nSPS) is 10.3. The van der Waals surface area contributed by atoms with Crippen LogP contribution < -0.4 is 0 Å². The van der Waals surface area contributed by atoms with Crippen LogP contribution in [0.4, 0.5) is 0 Å². The Kier molecular flexibility index (Phi) is 5.81. The lowest BCUT2D eigenvalue weighted by molar-refractivity contribution is 1.02. The lowest BCUT2D eigenvalue weighted by atomic mass is 9.83. The number of halogens is 1. The summed E-state index contributed by atoms with van der Waals surface area (Å²) < 4.78 is 0.954. The first kappa shape index (κ1) is 16.0. The maximum Gasteiger partial charge on any atom is 0.0181 e. The summed E-state index contributed by atoms with van der Waals surface area (Å²) in [7, 11) is 0. The zero-order valence-corrected chi connectivity index (χ0v) is 13.9. The van der Waals surface area contributed by atoms with Gasteiger partial charge < -0.3 is 0 Å². The molecule has 0 spiro atoms. The standard InChI is InChI=1S/C18H23Br/c1-7-13-14(8-2)16(10-4)18(12(6)19)17(11-5)15(13)9-3/h8-9H,2-3,6-7,10-11H2,1,4-5H3. The van der Waals surface area contributed by atoms with Crippen LogP contribution in [0, 0.1) is 0 Å². The van der Waals surface area contributed by atoms with Crippen LogP contribution in [0.3, 0.4) is 0 Å². The monoisotopic (exact) mass is 318 g/mol. The molecule has 0 heterocycles. The van der Waals surface area contributed by atoms with Crippen LogP contribution in [0.2, 0.25) is 0 Å². The first-order valence-corrected chi connectivity index (χ1v) is 7.66. The summed E-state index contributed by atoms with van der Waals surface area (Å²) in [4.78, 5) is 0. The van der Waals surface area contributed by atoms with E-state index in [9.17, 15) is 0 Å². The molecule has 0 aliphatic carbocycles. The quantitative estimate of drug-likeness (QED) is 0.601. The van der Waals surface area contributed by atoms with Gasteiger partial charge in [0.1, 0.15) is 0 Å². The number of benzene rings is 1. The van der Waals surface area contributed by atoms with Gasteiger partial charge in [-0.05, 0) is 52.6 Å².